The van der Waals surface area contributed by atoms with Gasteiger partial charge in [-0.3, -0.25) is 9.69 Å². The molecule has 1 N–H and O–H groups in total. The van der Waals surface area contributed by atoms with Crippen molar-refractivity contribution in [3.63, 3.8) is 0 Å². The number of aromatic amines is 1. The Hall–Kier alpha value is -1.86. The van der Waals surface area contributed by atoms with Gasteiger partial charge < -0.3 is 14.8 Å². The van der Waals surface area contributed by atoms with Crippen LogP contribution in [-0.2, 0) is 0 Å². The lowest BCUT2D eigenvalue weighted by molar-refractivity contribution is 0.164. The summed E-state index contributed by atoms with van der Waals surface area (Å²) in [6.45, 7) is 10.1. The van der Waals surface area contributed by atoms with Crippen molar-refractivity contribution in [1.82, 2.24) is 14.9 Å². The summed E-state index contributed by atoms with van der Waals surface area (Å²) in [5.74, 6) is 0.745. The molecule has 2 aromatic rings. The largest absolute Gasteiger partial charge is 0.365 e. The lowest BCUT2D eigenvalue weighted by Gasteiger charge is -2.45. The maximum Gasteiger partial charge on any atom is 0.271 e. The van der Waals surface area contributed by atoms with Crippen molar-refractivity contribution in [2.75, 3.05) is 36.5 Å². The molecule has 3 heterocycles. The molecule has 1 aliphatic rings. The molecule has 2 atom stereocenters. The normalized spacial score (nSPS) is 20.4. The summed E-state index contributed by atoms with van der Waals surface area (Å²) in [4.78, 5) is 26.3. The number of hydrogen-bond donors (Lipinski definition) is 1. The van der Waals surface area contributed by atoms with E-state index in [0.717, 1.165) is 29.1 Å². The third-order valence-corrected chi connectivity index (χ3v) is 5.99. The molecule has 0 amide bonds. The Bertz CT molecular complexity index is 837. The Morgan fingerprint density at radius 2 is 2.07 bits per heavy atom. The van der Waals surface area contributed by atoms with Crippen molar-refractivity contribution in [3.8, 4) is 0 Å². The van der Waals surface area contributed by atoms with Gasteiger partial charge in [-0.05, 0) is 60.9 Å². The number of nitrogens with zero attached hydrogens (tertiary/aromatic N) is 4. The monoisotopic (exact) mass is 447 g/mol. The summed E-state index contributed by atoms with van der Waals surface area (Å²) < 4.78 is 0.828. The second-order valence-electron chi connectivity index (χ2n) is 7.66. The smallest absolute Gasteiger partial charge is 0.271 e. The van der Waals surface area contributed by atoms with Gasteiger partial charge in [-0.2, -0.15) is 0 Å². The summed E-state index contributed by atoms with van der Waals surface area (Å²) in [6.07, 6.45) is 6.05. The SMILES string of the molecule is CCCCN1CC(C)N(c2ccc(N(C)c3cc(Br)c[nH]c3=O)nc2)CC1C. The van der Waals surface area contributed by atoms with Gasteiger partial charge in [0.15, 0.2) is 0 Å². The van der Waals surface area contributed by atoms with Gasteiger partial charge in [0.2, 0.25) is 0 Å². The zero-order valence-electron chi connectivity index (χ0n) is 17.2. The molecular formula is C21H30BrN5O. The molecule has 0 aromatic carbocycles. The molecule has 0 saturated carbocycles. The van der Waals surface area contributed by atoms with Gasteiger partial charge >= 0.3 is 0 Å². The first-order valence-corrected chi connectivity index (χ1v) is 10.8. The summed E-state index contributed by atoms with van der Waals surface area (Å²) in [7, 11) is 1.86. The zero-order valence-corrected chi connectivity index (χ0v) is 18.7. The van der Waals surface area contributed by atoms with Gasteiger partial charge in [-0.25, -0.2) is 4.98 Å². The summed E-state index contributed by atoms with van der Waals surface area (Å²) in [5, 5.41) is 0. The van der Waals surface area contributed by atoms with E-state index in [2.05, 4.69) is 62.5 Å². The second kappa shape index (κ2) is 9.09. The summed E-state index contributed by atoms with van der Waals surface area (Å²) in [5.41, 5.74) is 1.55. The molecule has 3 rings (SSSR count). The minimum atomic E-state index is -0.137. The van der Waals surface area contributed by atoms with E-state index >= 15 is 0 Å². The van der Waals surface area contributed by atoms with Crippen LogP contribution < -0.4 is 15.4 Å². The minimum Gasteiger partial charge on any atom is -0.365 e. The van der Waals surface area contributed by atoms with Crippen LogP contribution >= 0.6 is 15.9 Å². The van der Waals surface area contributed by atoms with Crippen LogP contribution in [0.1, 0.15) is 33.6 Å². The maximum atomic E-state index is 12.1. The molecule has 2 unspecified atom stereocenters. The molecule has 152 valence electrons. The number of halogens is 1. The van der Waals surface area contributed by atoms with Crippen LogP contribution in [0.2, 0.25) is 0 Å². The second-order valence-corrected chi connectivity index (χ2v) is 8.58. The summed E-state index contributed by atoms with van der Waals surface area (Å²) in [6, 6.07) is 6.87. The Balaban J connectivity index is 1.74. The number of anilines is 3. The van der Waals surface area contributed by atoms with Crippen LogP contribution in [0.5, 0.6) is 0 Å². The van der Waals surface area contributed by atoms with Crippen molar-refractivity contribution in [3.05, 3.63) is 45.4 Å². The first-order valence-electron chi connectivity index (χ1n) is 9.99. The molecule has 0 spiro atoms. The predicted molar refractivity (Wildman–Crippen MR) is 120 cm³/mol. The molecule has 7 heteroatoms. The van der Waals surface area contributed by atoms with Crippen LogP contribution in [-0.4, -0.2) is 53.6 Å². The third kappa shape index (κ3) is 4.58. The molecule has 1 fully saturated rings. The lowest BCUT2D eigenvalue weighted by Crippen LogP contribution is -2.56. The molecular weight excluding hydrogens is 418 g/mol. The highest BCUT2D eigenvalue weighted by Gasteiger charge is 2.28. The molecule has 28 heavy (non-hydrogen) atoms. The van der Waals surface area contributed by atoms with Crippen molar-refractivity contribution < 1.29 is 0 Å². The Morgan fingerprint density at radius 1 is 1.29 bits per heavy atom. The molecule has 0 radical (unpaired) electrons. The topological polar surface area (TPSA) is 55.5 Å². The quantitative estimate of drug-likeness (QED) is 0.724. The molecule has 0 aliphatic carbocycles. The first kappa shape index (κ1) is 20.9. The highest BCUT2D eigenvalue weighted by Crippen LogP contribution is 2.26. The van der Waals surface area contributed by atoms with Gasteiger partial charge in [0, 0.05) is 42.9 Å². The van der Waals surface area contributed by atoms with Crippen LogP contribution in [0, 0.1) is 0 Å². The average molecular weight is 448 g/mol. The molecule has 1 saturated heterocycles. The number of nitrogens with one attached hydrogen (secondary N) is 1. The van der Waals surface area contributed by atoms with Crippen molar-refractivity contribution in [2.45, 2.75) is 45.7 Å². The van der Waals surface area contributed by atoms with Crippen LogP contribution in [0.25, 0.3) is 0 Å². The number of aromatic nitrogens is 2. The van der Waals surface area contributed by atoms with Crippen molar-refractivity contribution in [1.29, 1.82) is 0 Å². The predicted octanol–water partition coefficient (Wildman–Crippen LogP) is 4.00. The summed E-state index contributed by atoms with van der Waals surface area (Å²) >= 11 is 3.41. The number of unbranched alkanes of at least 4 members (excludes halogenated alkanes) is 1. The fourth-order valence-electron chi connectivity index (χ4n) is 3.80. The third-order valence-electron chi connectivity index (χ3n) is 5.53. The Labute approximate surface area is 175 Å². The molecule has 6 nitrogen and oxygen atoms in total. The van der Waals surface area contributed by atoms with Crippen molar-refractivity contribution >= 4 is 33.1 Å². The van der Waals surface area contributed by atoms with Crippen LogP contribution in [0.4, 0.5) is 17.2 Å². The first-order chi connectivity index (χ1) is 13.4. The minimum absolute atomic E-state index is 0.137. The van der Waals surface area contributed by atoms with Crippen LogP contribution in [0.15, 0.2) is 39.9 Å². The lowest BCUT2D eigenvalue weighted by atomic mass is 10.1. The van der Waals surface area contributed by atoms with E-state index in [1.165, 1.54) is 19.4 Å². The van der Waals surface area contributed by atoms with Crippen LogP contribution in [0.3, 0.4) is 0 Å². The van der Waals surface area contributed by atoms with E-state index in [-0.39, 0.29) is 5.56 Å². The number of hydrogen-bond acceptors (Lipinski definition) is 5. The highest BCUT2D eigenvalue weighted by atomic mass is 79.9. The van der Waals surface area contributed by atoms with E-state index in [4.69, 9.17) is 0 Å². The number of pyridine rings is 2. The number of piperazine rings is 1. The van der Waals surface area contributed by atoms with Gasteiger partial charge in [0.25, 0.3) is 5.56 Å². The van der Waals surface area contributed by atoms with Gasteiger partial charge in [0.05, 0.1) is 11.9 Å². The van der Waals surface area contributed by atoms with E-state index in [0.29, 0.717) is 17.8 Å². The van der Waals surface area contributed by atoms with E-state index in [1.807, 2.05) is 24.2 Å². The molecule has 2 aromatic heterocycles. The maximum absolute atomic E-state index is 12.1. The molecule has 0 bridgehead atoms. The highest BCUT2D eigenvalue weighted by molar-refractivity contribution is 9.10. The Kier molecular flexibility index (Phi) is 6.78. The Morgan fingerprint density at radius 3 is 2.75 bits per heavy atom. The average Bonchev–Trinajstić information content (AvgIpc) is 2.69. The number of H-pyrrole nitrogens is 1. The fraction of sp³-hybridized carbons (Fsp3) is 0.524. The molecule has 1 aliphatic heterocycles. The number of rotatable bonds is 6. The van der Waals surface area contributed by atoms with E-state index in [9.17, 15) is 4.79 Å². The fourth-order valence-corrected chi connectivity index (χ4v) is 4.13. The zero-order chi connectivity index (χ0) is 20.3. The van der Waals surface area contributed by atoms with Gasteiger partial charge in [-0.15, -0.1) is 0 Å². The van der Waals surface area contributed by atoms with Gasteiger partial charge in [0.1, 0.15) is 11.5 Å². The van der Waals surface area contributed by atoms with E-state index in [1.54, 1.807) is 12.3 Å². The van der Waals surface area contributed by atoms with Crippen molar-refractivity contribution in [2.24, 2.45) is 0 Å². The van der Waals surface area contributed by atoms with Gasteiger partial charge in [-0.1, -0.05) is 13.3 Å². The standard InChI is InChI=1S/C21H30BrN5O/c1-5-6-9-26-13-16(3)27(14-15(26)2)18-7-8-20(23-12-18)25(4)19-10-17(22)11-24-21(19)28/h7-8,10-12,15-16H,5-6,9,13-14H2,1-4H3,(H,24,28). The van der Waals surface area contributed by atoms with E-state index < -0.39 is 0 Å².